The van der Waals surface area contributed by atoms with Crippen LogP contribution in [0, 0.1) is 0 Å². The standard InChI is InChI=1S/C26H23ClN2O5/c1-3-31-22-8-5-16(11-24(22)30-2)26-29-20(18-12-17(27)6-9-21(18)34-26)13-19(28-29)15-4-7-23-25(10-15)33-14-32-23/h4-12,20,26H,3,13-14H2,1-2H3/t20-,26-/m1/s1. The van der Waals surface area contributed by atoms with E-state index in [1.54, 1.807) is 7.11 Å². The average Bonchev–Trinajstić information content (AvgIpc) is 3.51. The van der Waals surface area contributed by atoms with Crippen LogP contribution in [0.4, 0.5) is 0 Å². The van der Waals surface area contributed by atoms with Crippen LogP contribution in [0.1, 0.15) is 42.3 Å². The van der Waals surface area contributed by atoms with E-state index < -0.39 is 6.23 Å². The molecule has 0 saturated carbocycles. The fourth-order valence-corrected chi connectivity index (χ4v) is 4.82. The van der Waals surface area contributed by atoms with Crippen molar-refractivity contribution in [2.75, 3.05) is 20.5 Å². The molecule has 3 heterocycles. The normalized spacial score (nSPS) is 19.7. The number of benzene rings is 3. The molecular weight excluding hydrogens is 456 g/mol. The van der Waals surface area contributed by atoms with Crippen molar-refractivity contribution in [2.24, 2.45) is 5.10 Å². The fraction of sp³-hybridized carbons (Fsp3) is 0.269. The highest BCUT2D eigenvalue weighted by molar-refractivity contribution is 6.30. The van der Waals surface area contributed by atoms with Gasteiger partial charge >= 0.3 is 0 Å². The first-order valence-electron chi connectivity index (χ1n) is 11.2. The third-order valence-corrected chi connectivity index (χ3v) is 6.47. The molecule has 0 unspecified atom stereocenters. The lowest BCUT2D eigenvalue weighted by Crippen LogP contribution is -2.33. The Bertz CT molecular complexity index is 1290. The molecule has 3 aliphatic heterocycles. The second kappa shape index (κ2) is 8.33. The predicted octanol–water partition coefficient (Wildman–Crippen LogP) is 5.72. The molecule has 0 bridgehead atoms. The average molecular weight is 479 g/mol. The molecule has 0 N–H and O–H groups in total. The zero-order valence-electron chi connectivity index (χ0n) is 18.8. The second-order valence-electron chi connectivity index (χ2n) is 8.21. The van der Waals surface area contributed by atoms with E-state index in [0.717, 1.165) is 39.7 Å². The Morgan fingerprint density at radius 2 is 1.85 bits per heavy atom. The van der Waals surface area contributed by atoms with Crippen molar-refractivity contribution in [1.82, 2.24) is 5.01 Å². The number of nitrogens with zero attached hydrogens (tertiary/aromatic N) is 2. The van der Waals surface area contributed by atoms with Crippen molar-refractivity contribution in [3.05, 3.63) is 76.3 Å². The van der Waals surface area contributed by atoms with Crippen molar-refractivity contribution in [3.8, 4) is 28.7 Å². The zero-order chi connectivity index (χ0) is 23.2. The number of hydrogen-bond acceptors (Lipinski definition) is 7. The van der Waals surface area contributed by atoms with Gasteiger partial charge in [0.1, 0.15) is 5.75 Å². The summed E-state index contributed by atoms with van der Waals surface area (Å²) in [5, 5.41) is 7.69. The van der Waals surface area contributed by atoms with E-state index in [2.05, 4.69) is 0 Å². The first-order chi connectivity index (χ1) is 16.6. The Labute approximate surface area is 202 Å². The van der Waals surface area contributed by atoms with Gasteiger partial charge < -0.3 is 23.7 Å². The Morgan fingerprint density at radius 3 is 2.71 bits per heavy atom. The summed E-state index contributed by atoms with van der Waals surface area (Å²) in [5.74, 6) is 3.63. The van der Waals surface area contributed by atoms with Gasteiger partial charge in [0.25, 0.3) is 0 Å². The van der Waals surface area contributed by atoms with Crippen molar-refractivity contribution >= 4 is 17.3 Å². The Morgan fingerprint density at radius 1 is 1.00 bits per heavy atom. The van der Waals surface area contributed by atoms with Gasteiger partial charge in [-0.15, -0.1) is 0 Å². The number of hydrazone groups is 1. The molecule has 0 amide bonds. The zero-order valence-corrected chi connectivity index (χ0v) is 19.5. The number of fused-ring (bicyclic) bond motifs is 4. The molecule has 0 aliphatic carbocycles. The summed E-state index contributed by atoms with van der Waals surface area (Å²) >= 11 is 6.35. The molecule has 6 rings (SSSR count). The Kier molecular flexibility index (Phi) is 5.14. The number of hydrogen-bond donors (Lipinski definition) is 0. The topological polar surface area (TPSA) is 61.8 Å². The van der Waals surface area contributed by atoms with Crippen molar-refractivity contribution in [2.45, 2.75) is 25.6 Å². The van der Waals surface area contributed by atoms with Gasteiger partial charge in [-0.05, 0) is 61.5 Å². The van der Waals surface area contributed by atoms with E-state index in [4.69, 9.17) is 40.4 Å². The number of ether oxygens (including phenoxy) is 5. The van der Waals surface area contributed by atoms with E-state index in [1.165, 1.54) is 0 Å². The lowest BCUT2D eigenvalue weighted by Gasteiger charge is -2.38. The van der Waals surface area contributed by atoms with E-state index in [0.29, 0.717) is 29.5 Å². The summed E-state index contributed by atoms with van der Waals surface area (Å²) in [5.41, 5.74) is 3.87. The van der Waals surface area contributed by atoms with Crippen LogP contribution in [0.3, 0.4) is 0 Å². The number of methoxy groups -OCH3 is 1. The lowest BCUT2D eigenvalue weighted by molar-refractivity contribution is -0.0191. The van der Waals surface area contributed by atoms with Crippen LogP contribution < -0.4 is 23.7 Å². The molecule has 0 aromatic heterocycles. The third kappa shape index (κ3) is 3.47. The molecule has 3 aromatic rings. The molecule has 2 atom stereocenters. The highest BCUT2D eigenvalue weighted by Gasteiger charge is 2.41. The predicted molar refractivity (Wildman–Crippen MR) is 127 cm³/mol. The summed E-state index contributed by atoms with van der Waals surface area (Å²) in [6.45, 7) is 2.74. The van der Waals surface area contributed by atoms with Gasteiger partial charge in [-0.3, -0.25) is 0 Å². The van der Waals surface area contributed by atoms with E-state index in [-0.39, 0.29) is 12.8 Å². The number of halogens is 1. The van der Waals surface area contributed by atoms with Gasteiger partial charge in [0.15, 0.2) is 23.0 Å². The number of rotatable bonds is 5. The van der Waals surface area contributed by atoms with Gasteiger partial charge in [-0.2, -0.15) is 5.10 Å². The molecule has 0 spiro atoms. The molecule has 3 aliphatic rings. The second-order valence-corrected chi connectivity index (χ2v) is 8.65. The summed E-state index contributed by atoms with van der Waals surface area (Å²) in [4.78, 5) is 0. The van der Waals surface area contributed by atoms with Gasteiger partial charge in [0, 0.05) is 28.1 Å². The maximum atomic E-state index is 6.46. The first kappa shape index (κ1) is 21.0. The van der Waals surface area contributed by atoms with Crippen LogP contribution in [0.25, 0.3) is 0 Å². The van der Waals surface area contributed by atoms with E-state index >= 15 is 0 Å². The van der Waals surface area contributed by atoms with Crippen molar-refractivity contribution < 1.29 is 23.7 Å². The molecule has 0 saturated heterocycles. The SMILES string of the molecule is CCOc1ccc([C@H]2Oc3ccc(Cl)cc3[C@H]3CC(c4ccc5c(c4)OCO5)=NN32)cc1OC. The molecule has 0 fully saturated rings. The molecular formula is C26H23ClN2O5. The first-order valence-corrected chi connectivity index (χ1v) is 11.5. The summed E-state index contributed by atoms with van der Waals surface area (Å²) in [7, 11) is 1.63. The molecule has 8 heteroatoms. The molecule has 174 valence electrons. The lowest BCUT2D eigenvalue weighted by atomic mass is 9.95. The van der Waals surface area contributed by atoms with Gasteiger partial charge in [-0.1, -0.05) is 11.6 Å². The molecule has 3 aromatic carbocycles. The monoisotopic (exact) mass is 478 g/mol. The third-order valence-electron chi connectivity index (χ3n) is 6.23. The highest BCUT2D eigenvalue weighted by atomic mass is 35.5. The van der Waals surface area contributed by atoms with Crippen LogP contribution in [-0.4, -0.2) is 31.2 Å². The molecule has 7 nitrogen and oxygen atoms in total. The van der Waals surface area contributed by atoms with Gasteiger partial charge in [0.05, 0.1) is 25.5 Å². The largest absolute Gasteiger partial charge is 0.493 e. The van der Waals surface area contributed by atoms with Crippen LogP contribution in [0.2, 0.25) is 5.02 Å². The highest BCUT2D eigenvalue weighted by Crippen LogP contribution is 2.49. The van der Waals surface area contributed by atoms with Crippen LogP contribution >= 0.6 is 11.6 Å². The molecule has 34 heavy (non-hydrogen) atoms. The smallest absolute Gasteiger partial charge is 0.231 e. The minimum atomic E-state index is -0.435. The Balaban J connectivity index is 1.42. The minimum Gasteiger partial charge on any atom is -0.493 e. The quantitative estimate of drug-likeness (QED) is 0.467. The summed E-state index contributed by atoms with van der Waals surface area (Å²) in [6, 6.07) is 17.5. The van der Waals surface area contributed by atoms with E-state index in [1.807, 2.05) is 66.5 Å². The van der Waals surface area contributed by atoms with Crippen LogP contribution in [0.5, 0.6) is 28.7 Å². The van der Waals surface area contributed by atoms with Crippen LogP contribution in [-0.2, 0) is 0 Å². The van der Waals surface area contributed by atoms with Crippen molar-refractivity contribution in [1.29, 1.82) is 0 Å². The summed E-state index contributed by atoms with van der Waals surface area (Å²) in [6.07, 6.45) is 0.274. The van der Waals surface area contributed by atoms with Crippen molar-refractivity contribution in [3.63, 3.8) is 0 Å². The van der Waals surface area contributed by atoms with Gasteiger partial charge in [0.2, 0.25) is 13.0 Å². The maximum Gasteiger partial charge on any atom is 0.231 e. The Hall–Kier alpha value is -3.58. The van der Waals surface area contributed by atoms with E-state index in [9.17, 15) is 0 Å². The molecule has 0 radical (unpaired) electrons. The van der Waals surface area contributed by atoms with Crippen LogP contribution in [0.15, 0.2) is 59.7 Å². The fourth-order valence-electron chi connectivity index (χ4n) is 4.64. The van der Waals surface area contributed by atoms with Gasteiger partial charge in [-0.25, -0.2) is 5.01 Å². The minimum absolute atomic E-state index is 0.0227. The summed E-state index contributed by atoms with van der Waals surface area (Å²) < 4.78 is 28.8. The maximum absolute atomic E-state index is 6.46.